The molecule has 1 atom stereocenters. The number of anilines is 1. The second-order valence-corrected chi connectivity index (χ2v) is 5.01. The van der Waals surface area contributed by atoms with Gasteiger partial charge in [-0.3, -0.25) is 14.9 Å². The van der Waals surface area contributed by atoms with Crippen LogP contribution in [-0.2, 0) is 0 Å². The van der Waals surface area contributed by atoms with Gasteiger partial charge in [0.2, 0.25) is 0 Å². The fourth-order valence-corrected chi connectivity index (χ4v) is 2.03. The number of benzene rings is 2. The third-order valence-electron chi connectivity index (χ3n) is 3.29. The number of aliphatic hydroxyl groups excluding tert-OH is 1. The monoisotopic (exact) mass is 300 g/mol. The summed E-state index contributed by atoms with van der Waals surface area (Å²) in [5, 5.41) is 23.1. The number of nitro benzene ring substituents is 1. The molecule has 0 saturated heterocycles. The second-order valence-electron chi connectivity index (χ2n) is 5.01. The van der Waals surface area contributed by atoms with Crippen LogP contribution in [0.4, 0.5) is 11.4 Å². The number of nitrogens with one attached hydrogen (secondary N) is 1. The highest BCUT2D eigenvalue weighted by molar-refractivity contribution is 6.04. The predicted molar refractivity (Wildman–Crippen MR) is 82.9 cm³/mol. The molecule has 0 bridgehead atoms. The van der Waals surface area contributed by atoms with E-state index < -0.39 is 16.9 Å². The van der Waals surface area contributed by atoms with Crippen LogP contribution >= 0.6 is 0 Å². The summed E-state index contributed by atoms with van der Waals surface area (Å²) in [6, 6.07) is 11.1. The predicted octanol–water partition coefficient (Wildman–Crippen LogP) is 3.21. The van der Waals surface area contributed by atoms with Crippen LogP contribution in [0.5, 0.6) is 0 Å². The van der Waals surface area contributed by atoms with E-state index in [1.54, 1.807) is 44.2 Å². The summed E-state index contributed by atoms with van der Waals surface area (Å²) in [4.78, 5) is 22.6. The van der Waals surface area contributed by atoms with E-state index in [1.807, 2.05) is 0 Å². The number of carbonyl (C=O) groups is 1. The van der Waals surface area contributed by atoms with E-state index in [-0.39, 0.29) is 11.3 Å². The maximum Gasteiger partial charge on any atom is 0.273 e. The Bertz CT molecular complexity index is 726. The molecule has 0 fully saturated rings. The van der Waals surface area contributed by atoms with Crippen LogP contribution in [0.1, 0.15) is 34.5 Å². The first-order valence-corrected chi connectivity index (χ1v) is 6.73. The SMILES string of the molecule is Cc1ccc(C(=O)Nc2cccc(C(C)O)c2)cc1[N+](=O)[O-]. The van der Waals surface area contributed by atoms with Crippen molar-refractivity contribution in [2.45, 2.75) is 20.0 Å². The van der Waals surface area contributed by atoms with Crippen molar-refractivity contribution in [2.24, 2.45) is 0 Å². The third kappa shape index (κ3) is 3.48. The molecule has 6 nitrogen and oxygen atoms in total. The number of nitro groups is 1. The van der Waals surface area contributed by atoms with E-state index in [0.29, 0.717) is 16.8 Å². The Morgan fingerprint density at radius 2 is 2.00 bits per heavy atom. The average molecular weight is 300 g/mol. The molecular weight excluding hydrogens is 284 g/mol. The minimum absolute atomic E-state index is 0.0922. The van der Waals surface area contributed by atoms with Gasteiger partial charge in [0.25, 0.3) is 11.6 Å². The zero-order chi connectivity index (χ0) is 16.3. The van der Waals surface area contributed by atoms with Crippen molar-refractivity contribution in [1.82, 2.24) is 0 Å². The molecule has 2 N–H and O–H groups in total. The zero-order valence-corrected chi connectivity index (χ0v) is 12.2. The van der Waals surface area contributed by atoms with Gasteiger partial charge >= 0.3 is 0 Å². The molecule has 0 aromatic heterocycles. The summed E-state index contributed by atoms with van der Waals surface area (Å²) < 4.78 is 0. The molecule has 2 rings (SSSR count). The number of carbonyl (C=O) groups excluding carboxylic acids is 1. The topological polar surface area (TPSA) is 92.5 Å². The van der Waals surface area contributed by atoms with Crippen LogP contribution in [-0.4, -0.2) is 15.9 Å². The largest absolute Gasteiger partial charge is 0.389 e. The molecule has 0 radical (unpaired) electrons. The second kappa shape index (κ2) is 6.36. The van der Waals surface area contributed by atoms with Gasteiger partial charge < -0.3 is 10.4 Å². The number of amides is 1. The van der Waals surface area contributed by atoms with Gasteiger partial charge in [-0.05, 0) is 37.6 Å². The molecular formula is C16H16N2O4. The Morgan fingerprint density at radius 1 is 1.27 bits per heavy atom. The molecule has 0 saturated carbocycles. The van der Waals surface area contributed by atoms with Crippen LogP contribution in [0.25, 0.3) is 0 Å². The van der Waals surface area contributed by atoms with E-state index in [0.717, 1.165) is 0 Å². The summed E-state index contributed by atoms with van der Waals surface area (Å²) in [6.45, 7) is 3.25. The Kier molecular flexibility index (Phi) is 4.53. The smallest absolute Gasteiger partial charge is 0.273 e. The molecule has 2 aromatic carbocycles. The molecule has 6 heteroatoms. The summed E-state index contributed by atoms with van der Waals surface area (Å²) in [5.41, 5.74) is 1.81. The molecule has 114 valence electrons. The molecule has 1 amide bonds. The standard InChI is InChI=1S/C16H16N2O4/c1-10-6-7-13(9-15(10)18(21)22)16(20)17-14-5-3-4-12(8-14)11(2)19/h3-9,11,19H,1-2H3,(H,17,20). The lowest BCUT2D eigenvalue weighted by molar-refractivity contribution is -0.385. The fraction of sp³-hybridized carbons (Fsp3) is 0.188. The normalized spacial score (nSPS) is 11.8. The number of nitrogens with zero attached hydrogens (tertiary/aromatic N) is 1. The third-order valence-corrected chi connectivity index (χ3v) is 3.29. The van der Waals surface area contributed by atoms with Crippen LogP contribution in [0, 0.1) is 17.0 Å². The summed E-state index contributed by atoms with van der Waals surface area (Å²) in [7, 11) is 0. The summed E-state index contributed by atoms with van der Waals surface area (Å²) in [5.74, 6) is -0.439. The van der Waals surface area contributed by atoms with Gasteiger partial charge in [0.15, 0.2) is 0 Å². The minimum atomic E-state index is -0.641. The van der Waals surface area contributed by atoms with Crippen molar-refractivity contribution >= 4 is 17.3 Å². The molecule has 0 aliphatic rings. The first-order chi connectivity index (χ1) is 10.4. The minimum Gasteiger partial charge on any atom is -0.389 e. The van der Waals surface area contributed by atoms with Crippen molar-refractivity contribution in [3.63, 3.8) is 0 Å². The average Bonchev–Trinajstić information content (AvgIpc) is 2.47. The van der Waals surface area contributed by atoms with E-state index in [2.05, 4.69) is 5.32 Å². The Balaban J connectivity index is 2.24. The molecule has 22 heavy (non-hydrogen) atoms. The van der Waals surface area contributed by atoms with Gasteiger partial charge in [-0.2, -0.15) is 0 Å². The summed E-state index contributed by atoms with van der Waals surface area (Å²) in [6.07, 6.45) is -0.641. The molecule has 0 aliphatic heterocycles. The Hall–Kier alpha value is -2.73. The molecule has 2 aromatic rings. The van der Waals surface area contributed by atoms with Gasteiger partial charge in [0.05, 0.1) is 11.0 Å². The van der Waals surface area contributed by atoms with Gasteiger partial charge in [-0.1, -0.05) is 18.2 Å². The number of rotatable bonds is 4. The van der Waals surface area contributed by atoms with Gasteiger partial charge in [-0.15, -0.1) is 0 Å². The number of aliphatic hydroxyl groups is 1. The first kappa shape index (κ1) is 15.7. The van der Waals surface area contributed by atoms with E-state index in [4.69, 9.17) is 0 Å². The lowest BCUT2D eigenvalue weighted by Crippen LogP contribution is -2.12. The van der Waals surface area contributed by atoms with Gasteiger partial charge in [0.1, 0.15) is 0 Å². The van der Waals surface area contributed by atoms with Crippen LogP contribution in [0.15, 0.2) is 42.5 Å². The first-order valence-electron chi connectivity index (χ1n) is 6.73. The zero-order valence-electron chi connectivity index (χ0n) is 12.2. The fourth-order valence-electron chi connectivity index (χ4n) is 2.03. The summed E-state index contributed by atoms with van der Waals surface area (Å²) >= 11 is 0. The number of aryl methyl sites for hydroxylation is 1. The number of hydrogen-bond acceptors (Lipinski definition) is 4. The highest BCUT2D eigenvalue weighted by Crippen LogP contribution is 2.21. The molecule has 0 aliphatic carbocycles. The van der Waals surface area contributed by atoms with Gasteiger partial charge in [-0.25, -0.2) is 0 Å². The van der Waals surface area contributed by atoms with Crippen molar-refractivity contribution in [3.05, 3.63) is 69.3 Å². The molecule has 0 heterocycles. The van der Waals surface area contributed by atoms with Crippen LogP contribution < -0.4 is 5.32 Å². The van der Waals surface area contributed by atoms with Crippen molar-refractivity contribution in [3.8, 4) is 0 Å². The quantitative estimate of drug-likeness (QED) is 0.670. The van der Waals surface area contributed by atoms with Gasteiger partial charge in [0, 0.05) is 22.9 Å². The highest BCUT2D eigenvalue weighted by atomic mass is 16.6. The van der Waals surface area contributed by atoms with Crippen molar-refractivity contribution in [1.29, 1.82) is 0 Å². The van der Waals surface area contributed by atoms with E-state index in [1.165, 1.54) is 12.1 Å². The highest BCUT2D eigenvalue weighted by Gasteiger charge is 2.15. The van der Waals surface area contributed by atoms with E-state index in [9.17, 15) is 20.0 Å². The Morgan fingerprint density at radius 3 is 2.64 bits per heavy atom. The van der Waals surface area contributed by atoms with Crippen molar-refractivity contribution in [2.75, 3.05) is 5.32 Å². The van der Waals surface area contributed by atoms with Crippen molar-refractivity contribution < 1.29 is 14.8 Å². The van der Waals surface area contributed by atoms with Crippen LogP contribution in [0.2, 0.25) is 0 Å². The lowest BCUT2D eigenvalue weighted by Gasteiger charge is -2.09. The van der Waals surface area contributed by atoms with Crippen LogP contribution in [0.3, 0.4) is 0 Å². The number of hydrogen-bond donors (Lipinski definition) is 2. The Labute approximate surface area is 127 Å². The molecule has 0 spiro atoms. The molecule has 1 unspecified atom stereocenters. The lowest BCUT2D eigenvalue weighted by atomic mass is 10.1. The maximum atomic E-state index is 12.2. The maximum absolute atomic E-state index is 12.2. The van der Waals surface area contributed by atoms with E-state index >= 15 is 0 Å².